The van der Waals surface area contributed by atoms with Gasteiger partial charge in [-0.3, -0.25) is 4.79 Å². The average Bonchev–Trinajstić information content (AvgIpc) is 3.29. The van der Waals surface area contributed by atoms with E-state index in [1.165, 1.54) is 6.20 Å². The Morgan fingerprint density at radius 3 is 2.48 bits per heavy atom. The number of nitriles is 1. The molecule has 0 atom stereocenters. The molecular weight excluding hydrogens is 504 g/mol. The van der Waals surface area contributed by atoms with Gasteiger partial charge in [-0.2, -0.15) is 10.4 Å². The van der Waals surface area contributed by atoms with Crippen molar-refractivity contribution < 1.29 is 14.3 Å². The van der Waals surface area contributed by atoms with E-state index in [2.05, 4.69) is 21.8 Å². The van der Waals surface area contributed by atoms with Gasteiger partial charge in [-0.1, -0.05) is 12.1 Å². The highest BCUT2D eigenvalue weighted by molar-refractivity contribution is 6.06. The maximum atomic E-state index is 13.1. The second-order valence-electron chi connectivity index (χ2n) is 9.34. The topological polar surface area (TPSA) is 104 Å². The van der Waals surface area contributed by atoms with Crippen LogP contribution in [0.1, 0.15) is 21.5 Å². The molecule has 0 bridgehead atoms. The maximum absolute atomic E-state index is 13.1. The van der Waals surface area contributed by atoms with Crippen LogP contribution in [0.25, 0.3) is 5.52 Å². The highest BCUT2D eigenvalue weighted by atomic mass is 16.5. The molecule has 0 unspecified atom stereocenters. The van der Waals surface area contributed by atoms with E-state index in [4.69, 9.17) is 9.47 Å². The van der Waals surface area contributed by atoms with E-state index in [1.54, 1.807) is 23.9 Å². The summed E-state index contributed by atoms with van der Waals surface area (Å²) in [6.07, 6.45) is 3.25. The van der Waals surface area contributed by atoms with Crippen LogP contribution in [0.4, 0.5) is 22.7 Å². The second-order valence-corrected chi connectivity index (χ2v) is 9.34. The molecule has 0 saturated heterocycles. The number of benzene rings is 3. The van der Waals surface area contributed by atoms with E-state index in [0.29, 0.717) is 45.3 Å². The Bertz CT molecular complexity index is 1740. The molecule has 0 aliphatic carbocycles. The van der Waals surface area contributed by atoms with Crippen LogP contribution in [0.15, 0.2) is 85.2 Å². The zero-order valence-corrected chi connectivity index (χ0v) is 22.6. The fraction of sp³-hybridized carbons (Fsp3) is 0.129. The number of hydrogen-bond acceptors (Lipinski definition) is 7. The van der Waals surface area contributed by atoms with Gasteiger partial charge in [0.25, 0.3) is 5.91 Å². The molecule has 0 spiro atoms. The molecule has 0 saturated carbocycles. The first-order valence-corrected chi connectivity index (χ1v) is 12.5. The summed E-state index contributed by atoms with van der Waals surface area (Å²) in [5.41, 5.74) is 5.27. The monoisotopic (exact) mass is 532 g/mol. The van der Waals surface area contributed by atoms with Crippen molar-refractivity contribution >= 4 is 34.2 Å². The van der Waals surface area contributed by atoms with Crippen LogP contribution in [0, 0.1) is 18.3 Å². The maximum Gasteiger partial charge on any atom is 0.255 e. The molecule has 2 N–H and O–H groups in total. The van der Waals surface area contributed by atoms with Gasteiger partial charge in [0.05, 0.1) is 42.0 Å². The number of aryl methyl sites for hydroxylation is 1. The number of fused-ring (bicyclic) bond motifs is 1. The predicted octanol–water partition coefficient (Wildman–Crippen LogP) is 6.38. The van der Waals surface area contributed by atoms with E-state index < -0.39 is 0 Å². The Morgan fingerprint density at radius 1 is 1.00 bits per heavy atom. The fourth-order valence-electron chi connectivity index (χ4n) is 4.30. The van der Waals surface area contributed by atoms with Crippen LogP contribution in [0.3, 0.4) is 0 Å². The minimum absolute atomic E-state index is 0.232. The molecule has 3 aromatic carbocycles. The average molecular weight is 533 g/mol. The normalized spacial score (nSPS) is 10.6. The summed E-state index contributed by atoms with van der Waals surface area (Å²) in [6, 6.07) is 24.4. The van der Waals surface area contributed by atoms with Crippen LogP contribution in [0.2, 0.25) is 0 Å². The lowest BCUT2D eigenvalue weighted by Crippen LogP contribution is -2.14. The molecule has 1 amide bonds. The van der Waals surface area contributed by atoms with Gasteiger partial charge in [0, 0.05) is 42.7 Å². The van der Waals surface area contributed by atoms with Crippen LogP contribution < -0.4 is 25.0 Å². The summed E-state index contributed by atoms with van der Waals surface area (Å²) >= 11 is 0. The van der Waals surface area contributed by atoms with Crippen molar-refractivity contribution in [1.29, 1.82) is 5.26 Å². The number of anilines is 4. The number of hydrogen-bond donors (Lipinski definition) is 2. The van der Waals surface area contributed by atoms with E-state index >= 15 is 0 Å². The molecular formula is C31H28N6O3. The largest absolute Gasteiger partial charge is 0.497 e. The molecule has 2 heterocycles. The third-order valence-corrected chi connectivity index (χ3v) is 6.45. The molecule has 5 rings (SSSR count). The van der Waals surface area contributed by atoms with E-state index in [0.717, 1.165) is 16.9 Å². The summed E-state index contributed by atoms with van der Waals surface area (Å²) in [4.78, 5) is 15.0. The lowest BCUT2D eigenvalue weighted by atomic mass is 10.1. The van der Waals surface area contributed by atoms with E-state index in [1.807, 2.05) is 92.6 Å². The number of nitrogens with one attached hydrogen (secondary N) is 2. The van der Waals surface area contributed by atoms with Crippen LogP contribution in [-0.4, -0.2) is 36.7 Å². The number of nitrogens with zero attached hydrogens (tertiary/aromatic N) is 4. The van der Waals surface area contributed by atoms with Crippen LogP contribution in [0.5, 0.6) is 17.2 Å². The van der Waals surface area contributed by atoms with Crippen LogP contribution in [-0.2, 0) is 0 Å². The standard InChI is InChI=1S/C31H28N6O3/c1-20-28(35-31(38)21-7-5-8-24(15-21)36(2)3)19-37-30(20)29(22(17-32)18-33-37)34-23-11-13-25(14-12-23)40-27-10-6-9-26(16-27)39-4/h5-16,18-19,34H,1-4H3,(H,35,38). The first-order chi connectivity index (χ1) is 19.4. The minimum Gasteiger partial charge on any atom is -0.497 e. The smallest absolute Gasteiger partial charge is 0.255 e. The summed E-state index contributed by atoms with van der Waals surface area (Å²) in [5, 5.41) is 20.6. The highest BCUT2D eigenvalue weighted by Gasteiger charge is 2.18. The molecule has 0 aliphatic heterocycles. The Morgan fingerprint density at radius 2 is 1.75 bits per heavy atom. The molecule has 2 aromatic heterocycles. The highest BCUT2D eigenvalue weighted by Crippen LogP contribution is 2.33. The number of rotatable bonds is 8. The van der Waals surface area contributed by atoms with Crippen molar-refractivity contribution in [2.75, 3.05) is 36.7 Å². The number of ether oxygens (including phenoxy) is 2. The van der Waals surface area contributed by atoms with Crippen molar-refractivity contribution in [1.82, 2.24) is 9.61 Å². The SMILES string of the molecule is COc1cccc(Oc2ccc(Nc3c(C#N)cnn4cc(NC(=O)c5cccc(N(C)C)c5)c(C)c34)cc2)c1. The van der Waals surface area contributed by atoms with Gasteiger partial charge in [0.1, 0.15) is 23.3 Å². The molecule has 200 valence electrons. The summed E-state index contributed by atoms with van der Waals surface area (Å²) in [7, 11) is 5.46. The summed E-state index contributed by atoms with van der Waals surface area (Å²) in [6.45, 7) is 1.89. The van der Waals surface area contributed by atoms with Gasteiger partial charge in [-0.05, 0) is 61.5 Å². The molecule has 0 aliphatic rings. The van der Waals surface area contributed by atoms with Gasteiger partial charge in [0.2, 0.25) is 0 Å². The minimum atomic E-state index is -0.232. The lowest BCUT2D eigenvalue weighted by Gasteiger charge is -2.13. The van der Waals surface area contributed by atoms with Crippen molar-refractivity contribution in [2.45, 2.75) is 6.92 Å². The molecule has 9 nitrogen and oxygen atoms in total. The number of carbonyl (C=O) groups is 1. The first kappa shape index (κ1) is 26.1. The van der Waals surface area contributed by atoms with Crippen LogP contribution >= 0.6 is 0 Å². The number of carbonyl (C=O) groups excluding carboxylic acids is 1. The second kappa shape index (κ2) is 11.1. The Balaban J connectivity index is 1.41. The molecule has 5 aromatic rings. The van der Waals surface area contributed by atoms with Gasteiger partial charge < -0.3 is 25.0 Å². The summed E-state index contributed by atoms with van der Waals surface area (Å²) in [5.74, 6) is 1.79. The van der Waals surface area contributed by atoms with Crippen molar-refractivity contribution in [3.05, 3.63) is 102 Å². The van der Waals surface area contributed by atoms with Crippen molar-refractivity contribution in [2.24, 2.45) is 0 Å². The molecule has 9 heteroatoms. The lowest BCUT2D eigenvalue weighted by molar-refractivity contribution is 0.102. The Kier molecular flexibility index (Phi) is 7.25. The molecule has 0 fully saturated rings. The predicted molar refractivity (Wildman–Crippen MR) is 156 cm³/mol. The molecule has 0 radical (unpaired) electrons. The van der Waals surface area contributed by atoms with Gasteiger partial charge in [-0.25, -0.2) is 4.52 Å². The van der Waals surface area contributed by atoms with Crippen molar-refractivity contribution in [3.8, 4) is 23.3 Å². The quantitative estimate of drug-likeness (QED) is 0.239. The Hall–Kier alpha value is -5.49. The third-order valence-electron chi connectivity index (χ3n) is 6.45. The molecule has 40 heavy (non-hydrogen) atoms. The summed E-state index contributed by atoms with van der Waals surface area (Å²) < 4.78 is 12.9. The number of aromatic nitrogens is 2. The number of methoxy groups -OCH3 is 1. The van der Waals surface area contributed by atoms with E-state index in [9.17, 15) is 10.1 Å². The zero-order chi connectivity index (χ0) is 28.2. The van der Waals surface area contributed by atoms with Crippen molar-refractivity contribution in [3.63, 3.8) is 0 Å². The van der Waals surface area contributed by atoms with Gasteiger partial charge in [0.15, 0.2) is 0 Å². The Labute approximate surface area is 232 Å². The fourth-order valence-corrected chi connectivity index (χ4v) is 4.30. The first-order valence-electron chi connectivity index (χ1n) is 12.5. The number of amides is 1. The zero-order valence-electron chi connectivity index (χ0n) is 22.6. The van der Waals surface area contributed by atoms with Gasteiger partial charge in [-0.15, -0.1) is 0 Å². The van der Waals surface area contributed by atoms with Gasteiger partial charge >= 0.3 is 0 Å². The third kappa shape index (κ3) is 5.37. The van der Waals surface area contributed by atoms with E-state index in [-0.39, 0.29) is 5.91 Å².